The fourth-order valence-electron chi connectivity index (χ4n) is 3.32. The molecule has 2 aromatic carbocycles. The molecule has 1 aliphatic rings. The minimum Gasteiger partial charge on any atom is -0.497 e. The first-order valence-electron chi connectivity index (χ1n) is 9.31. The summed E-state index contributed by atoms with van der Waals surface area (Å²) in [6.45, 7) is 1.35. The Kier molecular flexibility index (Phi) is 6.93. The van der Waals surface area contributed by atoms with E-state index in [9.17, 15) is 9.59 Å². The summed E-state index contributed by atoms with van der Waals surface area (Å²) in [7, 11) is 1.65. The minimum atomic E-state index is 0.0325. The summed E-state index contributed by atoms with van der Waals surface area (Å²) < 4.78 is 5.15. The molecule has 0 aromatic heterocycles. The zero-order valence-corrected chi connectivity index (χ0v) is 16.4. The first kappa shape index (κ1) is 19.5. The Morgan fingerprint density at radius 3 is 2.33 bits per heavy atom. The van der Waals surface area contributed by atoms with Crippen LogP contribution in [0.3, 0.4) is 0 Å². The van der Waals surface area contributed by atoms with E-state index in [1.165, 1.54) is 0 Å². The monoisotopic (exact) mass is 383 g/mol. The van der Waals surface area contributed by atoms with Crippen LogP contribution in [0.1, 0.15) is 29.6 Å². The second kappa shape index (κ2) is 9.60. The minimum absolute atomic E-state index is 0.0325. The van der Waals surface area contributed by atoms with Gasteiger partial charge in [-0.2, -0.15) is 0 Å². The summed E-state index contributed by atoms with van der Waals surface area (Å²) in [6.07, 6.45) is 2.03. The van der Waals surface area contributed by atoms with E-state index in [1.54, 1.807) is 18.9 Å². The van der Waals surface area contributed by atoms with Gasteiger partial charge in [-0.25, -0.2) is 0 Å². The molecule has 1 saturated heterocycles. The molecule has 3 rings (SSSR count). The molecule has 4 nitrogen and oxygen atoms in total. The Balaban J connectivity index is 1.41. The number of benzene rings is 2. The molecule has 0 unspecified atom stereocenters. The number of hydrogen-bond acceptors (Lipinski definition) is 4. The fourth-order valence-corrected chi connectivity index (χ4v) is 4.16. The number of carbonyl (C=O) groups is 2. The molecule has 2 aromatic rings. The van der Waals surface area contributed by atoms with Crippen LogP contribution < -0.4 is 4.74 Å². The molecule has 0 atom stereocenters. The topological polar surface area (TPSA) is 46.6 Å². The van der Waals surface area contributed by atoms with Gasteiger partial charge in [0.05, 0.1) is 7.11 Å². The number of ether oxygens (including phenoxy) is 1. The first-order chi connectivity index (χ1) is 13.2. The molecule has 1 amide bonds. The van der Waals surface area contributed by atoms with E-state index in [4.69, 9.17) is 4.74 Å². The number of ketones is 1. The molecule has 1 heterocycles. The first-order valence-corrected chi connectivity index (χ1v) is 10.3. The van der Waals surface area contributed by atoms with Gasteiger partial charge in [0.1, 0.15) is 5.75 Å². The molecule has 0 radical (unpaired) electrons. The Bertz CT molecular complexity index is 753. The largest absolute Gasteiger partial charge is 0.497 e. The highest BCUT2D eigenvalue weighted by Crippen LogP contribution is 2.24. The van der Waals surface area contributed by atoms with Crippen LogP contribution >= 0.6 is 11.8 Å². The molecule has 5 heteroatoms. The Hall–Kier alpha value is -2.27. The normalized spacial score (nSPS) is 14.8. The van der Waals surface area contributed by atoms with E-state index < -0.39 is 0 Å². The summed E-state index contributed by atoms with van der Waals surface area (Å²) in [5.74, 6) is 2.02. The maximum atomic E-state index is 12.5. The number of rotatable bonds is 7. The highest BCUT2D eigenvalue weighted by molar-refractivity contribution is 7.99. The lowest BCUT2D eigenvalue weighted by Gasteiger charge is -2.31. The van der Waals surface area contributed by atoms with Crippen molar-refractivity contribution in [2.75, 3.05) is 26.0 Å². The van der Waals surface area contributed by atoms with Crippen molar-refractivity contribution in [2.45, 2.75) is 24.2 Å². The van der Waals surface area contributed by atoms with Crippen LogP contribution in [0, 0.1) is 5.92 Å². The van der Waals surface area contributed by atoms with Crippen LogP contribution in [0.2, 0.25) is 0 Å². The van der Waals surface area contributed by atoms with Gasteiger partial charge in [-0.3, -0.25) is 9.59 Å². The van der Waals surface area contributed by atoms with Crippen molar-refractivity contribution in [1.82, 2.24) is 4.90 Å². The van der Waals surface area contributed by atoms with Crippen LogP contribution in [0.15, 0.2) is 59.5 Å². The maximum Gasteiger partial charge on any atom is 0.223 e. The Morgan fingerprint density at radius 2 is 1.70 bits per heavy atom. The molecule has 1 fully saturated rings. The lowest BCUT2D eigenvalue weighted by atomic mass is 9.89. The zero-order chi connectivity index (χ0) is 19.1. The van der Waals surface area contributed by atoms with Crippen LogP contribution in [0.25, 0.3) is 0 Å². The number of nitrogens with zero attached hydrogens (tertiary/aromatic N) is 1. The van der Waals surface area contributed by atoms with Gasteiger partial charge >= 0.3 is 0 Å². The molecule has 0 aliphatic carbocycles. The SMILES string of the molecule is COc1ccc(SCCC(=O)N2CCC(C(=O)c3ccccc3)CC2)cc1. The van der Waals surface area contributed by atoms with Crippen molar-refractivity contribution < 1.29 is 14.3 Å². The number of thioether (sulfide) groups is 1. The van der Waals surface area contributed by atoms with E-state index >= 15 is 0 Å². The number of methoxy groups -OCH3 is 1. The van der Waals surface area contributed by atoms with E-state index in [-0.39, 0.29) is 17.6 Å². The maximum absolute atomic E-state index is 12.5. The molecule has 0 spiro atoms. The van der Waals surface area contributed by atoms with Gasteiger partial charge in [-0.15, -0.1) is 11.8 Å². The molecule has 1 aliphatic heterocycles. The van der Waals surface area contributed by atoms with Gasteiger partial charge in [0.15, 0.2) is 5.78 Å². The average Bonchev–Trinajstić information content (AvgIpc) is 2.74. The number of piperidine rings is 1. The highest BCUT2D eigenvalue weighted by Gasteiger charge is 2.27. The Morgan fingerprint density at radius 1 is 1.04 bits per heavy atom. The van der Waals surface area contributed by atoms with Crippen molar-refractivity contribution in [2.24, 2.45) is 5.92 Å². The third kappa shape index (κ3) is 5.36. The predicted octanol–water partition coefficient (Wildman–Crippen LogP) is 4.30. The number of hydrogen-bond donors (Lipinski definition) is 0. The van der Waals surface area contributed by atoms with Crippen molar-refractivity contribution in [1.29, 1.82) is 0 Å². The van der Waals surface area contributed by atoms with Crippen LogP contribution in [-0.2, 0) is 4.79 Å². The zero-order valence-electron chi connectivity index (χ0n) is 15.6. The van der Waals surface area contributed by atoms with E-state index in [2.05, 4.69) is 0 Å². The second-order valence-electron chi connectivity index (χ2n) is 6.66. The predicted molar refractivity (Wildman–Crippen MR) is 108 cm³/mol. The summed E-state index contributed by atoms with van der Waals surface area (Å²) in [5.41, 5.74) is 0.776. The van der Waals surface area contributed by atoms with Crippen molar-refractivity contribution >= 4 is 23.5 Å². The van der Waals surface area contributed by atoms with Gasteiger partial charge in [-0.05, 0) is 37.1 Å². The van der Waals surface area contributed by atoms with Gasteiger partial charge in [0, 0.05) is 41.6 Å². The average molecular weight is 384 g/mol. The second-order valence-corrected chi connectivity index (χ2v) is 7.83. The lowest BCUT2D eigenvalue weighted by Crippen LogP contribution is -2.40. The highest BCUT2D eigenvalue weighted by atomic mass is 32.2. The molecule has 0 saturated carbocycles. The smallest absolute Gasteiger partial charge is 0.223 e. The van der Waals surface area contributed by atoms with Crippen LogP contribution in [0.5, 0.6) is 5.75 Å². The van der Waals surface area contributed by atoms with Crippen molar-refractivity contribution in [3.8, 4) is 5.75 Å². The van der Waals surface area contributed by atoms with Crippen molar-refractivity contribution in [3.05, 3.63) is 60.2 Å². The van der Waals surface area contributed by atoms with Gasteiger partial charge in [-0.1, -0.05) is 30.3 Å². The number of likely N-dealkylation sites (tertiary alicyclic amines) is 1. The summed E-state index contributed by atoms with van der Waals surface area (Å²) in [4.78, 5) is 28.0. The summed E-state index contributed by atoms with van der Waals surface area (Å²) >= 11 is 1.68. The third-order valence-electron chi connectivity index (χ3n) is 4.92. The van der Waals surface area contributed by atoms with Crippen LogP contribution in [0.4, 0.5) is 0 Å². The summed E-state index contributed by atoms with van der Waals surface area (Å²) in [6, 6.07) is 17.3. The molecule has 0 bridgehead atoms. The van der Waals surface area contributed by atoms with Crippen LogP contribution in [-0.4, -0.2) is 42.5 Å². The lowest BCUT2D eigenvalue weighted by molar-refractivity contribution is -0.131. The third-order valence-corrected chi connectivity index (χ3v) is 5.93. The van der Waals surface area contributed by atoms with Crippen molar-refractivity contribution in [3.63, 3.8) is 0 Å². The standard InChI is InChI=1S/C22H25NO3S/c1-26-19-7-9-20(10-8-19)27-16-13-21(24)23-14-11-18(12-15-23)22(25)17-5-3-2-4-6-17/h2-10,18H,11-16H2,1H3. The molecule has 0 N–H and O–H groups in total. The van der Waals surface area contributed by atoms with Gasteiger partial charge in [0.2, 0.25) is 5.91 Å². The molecule has 27 heavy (non-hydrogen) atoms. The van der Waals surface area contributed by atoms with E-state index in [0.717, 1.165) is 34.8 Å². The summed E-state index contributed by atoms with van der Waals surface area (Å²) in [5, 5.41) is 0. The van der Waals surface area contributed by atoms with Gasteiger partial charge < -0.3 is 9.64 Å². The number of carbonyl (C=O) groups excluding carboxylic acids is 2. The number of Topliss-reactive ketones (excluding diaryl/α,β-unsaturated/α-hetero) is 1. The quantitative estimate of drug-likeness (QED) is 0.528. The molecular formula is C22H25NO3S. The van der Waals surface area contributed by atoms with E-state index in [1.807, 2.05) is 59.5 Å². The van der Waals surface area contributed by atoms with E-state index in [0.29, 0.717) is 19.5 Å². The molecule has 142 valence electrons. The Labute approximate surface area is 164 Å². The number of amides is 1. The van der Waals surface area contributed by atoms with Gasteiger partial charge in [0.25, 0.3) is 0 Å². The molecular weight excluding hydrogens is 358 g/mol. The fraction of sp³-hybridized carbons (Fsp3) is 0.364.